The number of fused-ring (bicyclic) bond motifs is 1. The van der Waals surface area contributed by atoms with Crippen LogP contribution in [0, 0.1) is 0 Å². The molecule has 0 aliphatic heterocycles. The molecule has 0 fully saturated rings. The van der Waals surface area contributed by atoms with Gasteiger partial charge in [0.1, 0.15) is 0 Å². The minimum absolute atomic E-state index is 0.0884. The summed E-state index contributed by atoms with van der Waals surface area (Å²) in [5.41, 5.74) is 0.933. The van der Waals surface area contributed by atoms with Crippen molar-refractivity contribution in [1.82, 2.24) is 3.96 Å². The molecule has 0 saturated carbocycles. The highest BCUT2D eigenvalue weighted by Crippen LogP contribution is 2.13. The molecule has 2 aromatic rings. The Morgan fingerprint density at radius 3 is 2.92 bits per heavy atom. The molecular weight excluding hydrogens is 170 g/mol. The molecule has 1 aromatic heterocycles. The summed E-state index contributed by atoms with van der Waals surface area (Å²) in [6.45, 7) is 3.63. The van der Waals surface area contributed by atoms with Gasteiger partial charge in [0.25, 0.3) is 4.74 Å². The zero-order chi connectivity index (χ0) is 8.55. The lowest BCUT2D eigenvalue weighted by Crippen LogP contribution is -1.85. The molecule has 0 amide bonds. The number of hydrogen-bond acceptors (Lipinski definition) is 2. The molecule has 0 saturated heterocycles. The van der Waals surface area contributed by atoms with Crippen LogP contribution in [-0.4, -0.2) is 3.96 Å². The fourth-order valence-electron chi connectivity index (χ4n) is 1.16. The number of para-hydroxylation sites is 1. The lowest BCUT2D eigenvalue weighted by molar-refractivity contribution is 1.40. The maximum atomic E-state index is 11.3. The van der Waals surface area contributed by atoms with Crippen molar-refractivity contribution in [2.24, 2.45) is 0 Å². The lowest BCUT2D eigenvalue weighted by Gasteiger charge is -1.91. The summed E-state index contributed by atoms with van der Waals surface area (Å²) in [5.74, 6) is 0. The Labute approximate surface area is 73.5 Å². The molecule has 1 aromatic carbocycles. The molecule has 2 nitrogen and oxygen atoms in total. The summed E-state index contributed by atoms with van der Waals surface area (Å²) >= 11 is 1.17. The molecule has 0 atom stereocenters. The highest BCUT2D eigenvalue weighted by Gasteiger charge is 2.02. The van der Waals surface area contributed by atoms with E-state index >= 15 is 0 Å². The number of aromatic nitrogens is 1. The molecule has 2 rings (SSSR count). The fraction of sp³-hybridized carbons (Fsp3) is 0. The smallest absolute Gasteiger partial charge is 0.257 e. The van der Waals surface area contributed by atoms with Gasteiger partial charge in [-0.15, -0.1) is 0 Å². The van der Waals surface area contributed by atoms with Crippen molar-refractivity contribution in [3.8, 4) is 0 Å². The molecule has 0 bridgehead atoms. The standard InChI is InChI=1S/C9H7NOS/c1-2-10-8-6-4-3-5-7(8)9(11)12-10/h2-6H,1H2. The van der Waals surface area contributed by atoms with Crippen LogP contribution >= 0.6 is 11.5 Å². The maximum absolute atomic E-state index is 11.3. The van der Waals surface area contributed by atoms with Gasteiger partial charge in [-0.25, -0.2) is 0 Å². The largest absolute Gasteiger partial charge is 0.276 e. The van der Waals surface area contributed by atoms with E-state index in [-0.39, 0.29) is 4.74 Å². The van der Waals surface area contributed by atoms with E-state index in [1.165, 1.54) is 11.5 Å². The van der Waals surface area contributed by atoms with Gasteiger partial charge >= 0.3 is 0 Å². The van der Waals surface area contributed by atoms with Crippen molar-refractivity contribution >= 4 is 28.6 Å². The van der Waals surface area contributed by atoms with Crippen molar-refractivity contribution in [2.45, 2.75) is 0 Å². The van der Waals surface area contributed by atoms with Gasteiger partial charge in [-0.05, 0) is 23.7 Å². The molecule has 1 heterocycles. The molecule has 0 aliphatic carbocycles. The third-order valence-corrected chi connectivity index (χ3v) is 2.64. The predicted octanol–water partition coefficient (Wildman–Crippen LogP) is 2.16. The quantitative estimate of drug-likeness (QED) is 0.654. The third kappa shape index (κ3) is 0.905. The van der Waals surface area contributed by atoms with Crippen LogP contribution in [0.3, 0.4) is 0 Å². The number of rotatable bonds is 1. The molecule has 0 radical (unpaired) electrons. The first-order valence-electron chi connectivity index (χ1n) is 3.56. The van der Waals surface area contributed by atoms with Gasteiger partial charge in [0, 0.05) is 6.20 Å². The van der Waals surface area contributed by atoms with Crippen LogP contribution < -0.4 is 4.74 Å². The molecular formula is C9H7NOS. The molecule has 0 unspecified atom stereocenters. The Kier molecular flexibility index (Phi) is 1.59. The van der Waals surface area contributed by atoms with E-state index in [9.17, 15) is 4.79 Å². The van der Waals surface area contributed by atoms with Crippen molar-refractivity contribution in [3.05, 3.63) is 40.4 Å². The van der Waals surface area contributed by atoms with Crippen molar-refractivity contribution in [2.75, 3.05) is 0 Å². The lowest BCUT2D eigenvalue weighted by atomic mass is 10.3. The van der Waals surface area contributed by atoms with Gasteiger partial charge in [0.05, 0.1) is 10.9 Å². The maximum Gasteiger partial charge on any atom is 0.257 e. The Bertz CT molecular complexity index is 480. The van der Waals surface area contributed by atoms with Gasteiger partial charge in [-0.2, -0.15) is 0 Å². The average molecular weight is 177 g/mol. The number of hydrogen-bond donors (Lipinski definition) is 0. The van der Waals surface area contributed by atoms with Gasteiger partial charge in [-0.3, -0.25) is 8.75 Å². The van der Waals surface area contributed by atoms with E-state index in [2.05, 4.69) is 6.58 Å². The van der Waals surface area contributed by atoms with Crippen LogP contribution in [0.4, 0.5) is 0 Å². The highest BCUT2D eigenvalue weighted by molar-refractivity contribution is 7.05. The van der Waals surface area contributed by atoms with Gasteiger partial charge in [-0.1, -0.05) is 18.7 Å². The monoisotopic (exact) mass is 177 g/mol. The van der Waals surface area contributed by atoms with Crippen molar-refractivity contribution in [3.63, 3.8) is 0 Å². The Morgan fingerprint density at radius 2 is 2.17 bits per heavy atom. The molecule has 12 heavy (non-hydrogen) atoms. The van der Waals surface area contributed by atoms with Crippen LogP contribution in [0.2, 0.25) is 0 Å². The van der Waals surface area contributed by atoms with E-state index in [4.69, 9.17) is 0 Å². The summed E-state index contributed by atoms with van der Waals surface area (Å²) in [4.78, 5) is 11.3. The van der Waals surface area contributed by atoms with E-state index in [0.717, 1.165) is 10.9 Å². The van der Waals surface area contributed by atoms with Crippen LogP contribution in [0.25, 0.3) is 17.1 Å². The minimum atomic E-state index is 0.0884. The Morgan fingerprint density at radius 1 is 1.42 bits per heavy atom. The van der Waals surface area contributed by atoms with Gasteiger partial charge < -0.3 is 0 Å². The zero-order valence-electron chi connectivity index (χ0n) is 6.36. The first-order valence-corrected chi connectivity index (χ1v) is 4.33. The highest BCUT2D eigenvalue weighted by atomic mass is 32.1. The van der Waals surface area contributed by atoms with Crippen molar-refractivity contribution < 1.29 is 0 Å². The van der Waals surface area contributed by atoms with Crippen LogP contribution in [0.5, 0.6) is 0 Å². The SMILES string of the molecule is C=Cn1sc(=O)c2ccccc21. The van der Waals surface area contributed by atoms with Gasteiger partial charge in [0.15, 0.2) is 0 Å². The molecule has 0 aliphatic rings. The normalized spacial score (nSPS) is 10.3. The topological polar surface area (TPSA) is 22.0 Å². The second-order valence-corrected chi connectivity index (χ2v) is 3.35. The molecule has 0 spiro atoms. The van der Waals surface area contributed by atoms with E-state index in [1.54, 1.807) is 10.2 Å². The Balaban J connectivity index is 3.00. The summed E-state index contributed by atoms with van der Waals surface area (Å²) in [6.07, 6.45) is 1.65. The van der Waals surface area contributed by atoms with Crippen LogP contribution in [0.15, 0.2) is 35.6 Å². The van der Waals surface area contributed by atoms with Crippen LogP contribution in [-0.2, 0) is 0 Å². The van der Waals surface area contributed by atoms with E-state index in [1.807, 2.05) is 24.3 Å². The second-order valence-electron chi connectivity index (χ2n) is 2.40. The fourth-order valence-corrected chi connectivity index (χ4v) is 1.94. The summed E-state index contributed by atoms with van der Waals surface area (Å²) < 4.78 is 1.86. The summed E-state index contributed by atoms with van der Waals surface area (Å²) in [6, 6.07) is 7.52. The first-order chi connectivity index (χ1) is 5.83. The van der Waals surface area contributed by atoms with E-state index in [0.29, 0.717) is 0 Å². The summed E-state index contributed by atoms with van der Waals surface area (Å²) in [5, 5.41) is 0.766. The number of benzene rings is 1. The Hall–Kier alpha value is -1.35. The molecule has 0 N–H and O–H groups in total. The molecule has 60 valence electrons. The van der Waals surface area contributed by atoms with Gasteiger partial charge in [0.2, 0.25) is 0 Å². The van der Waals surface area contributed by atoms with Crippen LogP contribution in [0.1, 0.15) is 0 Å². The second kappa shape index (κ2) is 2.60. The number of nitrogens with zero attached hydrogens (tertiary/aromatic N) is 1. The predicted molar refractivity (Wildman–Crippen MR) is 52.5 cm³/mol. The first kappa shape index (κ1) is 7.31. The minimum Gasteiger partial charge on any atom is -0.276 e. The third-order valence-electron chi connectivity index (χ3n) is 1.71. The van der Waals surface area contributed by atoms with Crippen molar-refractivity contribution in [1.29, 1.82) is 0 Å². The van der Waals surface area contributed by atoms with E-state index < -0.39 is 0 Å². The molecule has 3 heteroatoms. The summed E-state index contributed by atoms with van der Waals surface area (Å²) in [7, 11) is 0. The zero-order valence-corrected chi connectivity index (χ0v) is 7.17. The average Bonchev–Trinajstić information content (AvgIpc) is 2.44.